The quantitative estimate of drug-likeness (QED) is 0.497. The number of benzene rings is 1. The molecule has 1 aliphatic heterocycles. The van der Waals surface area contributed by atoms with Crippen molar-refractivity contribution >= 4 is 28.9 Å². The molecular weight excluding hydrogens is 378 g/mol. The molecular formula is C17H24F2N4O3S. The van der Waals surface area contributed by atoms with E-state index in [1.165, 1.54) is 24.3 Å². The minimum Gasteiger partial charge on any atom is -0.435 e. The highest BCUT2D eigenvalue weighted by molar-refractivity contribution is 7.80. The van der Waals surface area contributed by atoms with Gasteiger partial charge in [-0.3, -0.25) is 20.5 Å². The lowest BCUT2D eigenvalue weighted by Crippen LogP contribution is -2.48. The maximum absolute atomic E-state index is 12.1. The first kappa shape index (κ1) is 21.3. The monoisotopic (exact) mass is 402 g/mol. The fraction of sp³-hybridized carbons (Fsp3) is 0.529. The first-order valence-electron chi connectivity index (χ1n) is 8.60. The topological polar surface area (TPSA) is 74.9 Å². The first-order valence-corrected chi connectivity index (χ1v) is 9.01. The van der Waals surface area contributed by atoms with Crippen LogP contribution in [0.2, 0.25) is 0 Å². The molecule has 0 bridgehead atoms. The molecule has 1 fully saturated rings. The van der Waals surface area contributed by atoms with E-state index in [0.717, 1.165) is 13.1 Å². The minimum absolute atomic E-state index is 0.0504. The van der Waals surface area contributed by atoms with Crippen LogP contribution in [0.4, 0.5) is 14.5 Å². The van der Waals surface area contributed by atoms with Crippen LogP contribution in [0.3, 0.4) is 0 Å². The zero-order chi connectivity index (χ0) is 19.8. The zero-order valence-corrected chi connectivity index (χ0v) is 16.0. The Morgan fingerprint density at radius 2 is 1.89 bits per heavy atom. The third-order valence-electron chi connectivity index (χ3n) is 3.80. The van der Waals surface area contributed by atoms with E-state index in [9.17, 15) is 13.6 Å². The van der Waals surface area contributed by atoms with Gasteiger partial charge >= 0.3 is 6.61 Å². The molecule has 1 aliphatic rings. The highest BCUT2D eigenvalue weighted by atomic mass is 32.1. The van der Waals surface area contributed by atoms with Gasteiger partial charge in [0.2, 0.25) is 5.91 Å². The van der Waals surface area contributed by atoms with Crippen LogP contribution in [0.25, 0.3) is 0 Å². The number of carbonyl (C=O) groups excluding carboxylic acids is 1. The highest BCUT2D eigenvalue weighted by Crippen LogP contribution is 2.17. The molecule has 27 heavy (non-hydrogen) atoms. The third-order valence-corrected chi connectivity index (χ3v) is 4.01. The number of nitrogens with one attached hydrogen (secondary N) is 3. The Bertz CT molecular complexity index is 623. The summed E-state index contributed by atoms with van der Waals surface area (Å²) >= 11 is 5.08. The lowest BCUT2D eigenvalue weighted by atomic mass is 10.2. The molecule has 0 unspecified atom stereocenters. The number of amides is 1. The van der Waals surface area contributed by atoms with E-state index in [4.69, 9.17) is 17.0 Å². The fourth-order valence-electron chi connectivity index (χ4n) is 2.80. The van der Waals surface area contributed by atoms with Crippen molar-refractivity contribution in [3.63, 3.8) is 0 Å². The van der Waals surface area contributed by atoms with Gasteiger partial charge in [0.1, 0.15) is 5.75 Å². The van der Waals surface area contributed by atoms with Crippen LogP contribution in [0.15, 0.2) is 24.3 Å². The van der Waals surface area contributed by atoms with Gasteiger partial charge in [0, 0.05) is 31.7 Å². The number of hydrazine groups is 1. The molecule has 1 heterocycles. The van der Waals surface area contributed by atoms with E-state index in [2.05, 4.69) is 25.8 Å². The van der Waals surface area contributed by atoms with E-state index in [0.29, 0.717) is 18.7 Å². The second-order valence-corrected chi connectivity index (χ2v) is 6.71. The van der Waals surface area contributed by atoms with E-state index in [1.54, 1.807) is 0 Å². The van der Waals surface area contributed by atoms with Crippen molar-refractivity contribution in [2.75, 3.05) is 25.0 Å². The maximum Gasteiger partial charge on any atom is 0.387 e. The van der Waals surface area contributed by atoms with Crippen LogP contribution < -0.4 is 20.9 Å². The molecule has 1 aromatic carbocycles. The summed E-state index contributed by atoms with van der Waals surface area (Å²) in [6.07, 6.45) is 0.641. The summed E-state index contributed by atoms with van der Waals surface area (Å²) in [6.45, 7) is 3.40. The number of ether oxygens (including phenoxy) is 2. The Morgan fingerprint density at radius 3 is 2.48 bits per heavy atom. The number of alkyl halides is 2. The largest absolute Gasteiger partial charge is 0.435 e. The molecule has 0 saturated carbocycles. The normalized spacial score (nSPS) is 20.2. The van der Waals surface area contributed by atoms with Gasteiger partial charge in [0.05, 0.1) is 12.2 Å². The summed E-state index contributed by atoms with van der Waals surface area (Å²) in [6, 6.07) is 5.85. The van der Waals surface area contributed by atoms with Crippen LogP contribution in [0.5, 0.6) is 5.75 Å². The van der Waals surface area contributed by atoms with Gasteiger partial charge in [-0.15, -0.1) is 0 Å². The number of thiocarbonyl (C=S) groups is 1. The molecule has 0 radical (unpaired) electrons. The minimum atomic E-state index is -2.87. The Hall–Kier alpha value is -2.04. The average Bonchev–Trinajstić information content (AvgIpc) is 2.58. The molecule has 7 nitrogen and oxygen atoms in total. The number of rotatable bonds is 6. The Morgan fingerprint density at radius 1 is 1.26 bits per heavy atom. The molecule has 0 aliphatic carbocycles. The predicted octanol–water partition coefficient (Wildman–Crippen LogP) is 2.10. The van der Waals surface area contributed by atoms with Crippen LogP contribution in [-0.4, -0.2) is 54.4 Å². The van der Waals surface area contributed by atoms with E-state index >= 15 is 0 Å². The van der Waals surface area contributed by atoms with Gasteiger partial charge in [-0.2, -0.15) is 8.78 Å². The summed E-state index contributed by atoms with van der Waals surface area (Å²) < 4.78 is 34.1. The van der Waals surface area contributed by atoms with Crippen LogP contribution in [0, 0.1) is 0 Å². The number of nitrogens with zero attached hydrogens (tertiary/aromatic N) is 1. The van der Waals surface area contributed by atoms with Gasteiger partial charge in [-0.05, 0) is 50.3 Å². The lowest BCUT2D eigenvalue weighted by molar-refractivity contribution is -0.123. The zero-order valence-electron chi connectivity index (χ0n) is 15.2. The average molecular weight is 402 g/mol. The van der Waals surface area contributed by atoms with E-state index < -0.39 is 6.61 Å². The molecule has 1 aromatic rings. The summed E-state index contributed by atoms with van der Waals surface area (Å²) in [4.78, 5) is 14.1. The first-order chi connectivity index (χ1) is 12.8. The van der Waals surface area contributed by atoms with Crippen molar-refractivity contribution in [3.8, 4) is 5.75 Å². The molecule has 3 N–H and O–H groups in total. The molecule has 0 spiro atoms. The maximum atomic E-state index is 12.1. The summed E-state index contributed by atoms with van der Waals surface area (Å²) in [5, 5.41) is 3.01. The van der Waals surface area contributed by atoms with Gasteiger partial charge in [-0.1, -0.05) is 0 Å². The number of anilines is 1. The SMILES string of the molecule is C[C@@H]1CN(CCC(=O)NNC(=S)Nc2ccc(OC(F)F)cc2)C[C@H](C)O1. The van der Waals surface area contributed by atoms with Crippen LogP contribution in [0.1, 0.15) is 20.3 Å². The number of hydrogen-bond acceptors (Lipinski definition) is 5. The fourth-order valence-corrected chi connectivity index (χ4v) is 2.97. The van der Waals surface area contributed by atoms with Gasteiger partial charge in [-0.25, -0.2) is 0 Å². The second-order valence-electron chi connectivity index (χ2n) is 6.30. The van der Waals surface area contributed by atoms with Crippen LogP contribution >= 0.6 is 12.2 Å². The van der Waals surface area contributed by atoms with Gasteiger partial charge < -0.3 is 14.8 Å². The number of carbonyl (C=O) groups is 1. The third kappa shape index (κ3) is 8.02. The molecule has 1 amide bonds. The van der Waals surface area contributed by atoms with E-state index in [-0.39, 0.29) is 29.0 Å². The molecule has 1 saturated heterocycles. The van der Waals surface area contributed by atoms with Crippen molar-refractivity contribution in [1.82, 2.24) is 15.8 Å². The van der Waals surface area contributed by atoms with Gasteiger partial charge in [0.15, 0.2) is 5.11 Å². The lowest BCUT2D eigenvalue weighted by Gasteiger charge is -2.35. The summed E-state index contributed by atoms with van der Waals surface area (Å²) in [7, 11) is 0. The van der Waals surface area contributed by atoms with E-state index in [1.807, 2.05) is 13.8 Å². The Labute approximate surface area is 162 Å². The molecule has 150 valence electrons. The predicted molar refractivity (Wildman–Crippen MR) is 102 cm³/mol. The van der Waals surface area contributed by atoms with Crippen molar-refractivity contribution < 1.29 is 23.0 Å². The molecule has 2 rings (SSSR count). The summed E-state index contributed by atoms with van der Waals surface area (Å²) in [5.74, 6) is -0.138. The molecule has 10 heteroatoms. The van der Waals surface area contributed by atoms with Gasteiger partial charge in [0.25, 0.3) is 0 Å². The standard InChI is InChI=1S/C17H24F2N4O3S/c1-11-9-23(10-12(2)25-11)8-7-15(24)21-22-17(27)20-13-3-5-14(6-4-13)26-16(18)19/h3-6,11-12,16H,7-10H2,1-2H3,(H,21,24)(H2,20,22,27)/t11-,12+. The smallest absolute Gasteiger partial charge is 0.387 e. The number of hydrogen-bond donors (Lipinski definition) is 3. The summed E-state index contributed by atoms with van der Waals surface area (Å²) in [5.41, 5.74) is 5.71. The van der Waals surface area contributed by atoms with Crippen molar-refractivity contribution in [1.29, 1.82) is 0 Å². The second kappa shape index (κ2) is 10.3. The Balaban J connectivity index is 1.66. The Kier molecular flexibility index (Phi) is 8.14. The number of halogens is 2. The number of morpholine rings is 1. The van der Waals surface area contributed by atoms with Crippen molar-refractivity contribution in [2.24, 2.45) is 0 Å². The van der Waals surface area contributed by atoms with Crippen molar-refractivity contribution in [3.05, 3.63) is 24.3 Å². The molecule has 2 atom stereocenters. The van der Waals surface area contributed by atoms with Crippen LogP contribution in [-0.2, 0) is 9.53 Å². The molecule has 0 aromatic heterocycles. The van der Waals surface area contributed by atoms with Crippen molar-refractivity contribution in [2.45, 2.75) is 39.1 Å². The highest BCUT2D eigenvalue weighted by Gasteiger charge is 2.22.